The molecule has 42 nitrogen and oxygen atoms in total. The van der Waals surface area contributed by atoms with Gasteiger partial charge >= 0.3 is 100 Å². The number of carboxylic acid groups (broad SMARTS) is 3. The number of nitrogens with zero attached hydrogens (tertiary/aromatic N) is 10. The van der Waals surface area contributed by atoms with E-state index in [2.05, 4.69) is 62.2 Å². The van der Waals surface area contributed by atoms with Crippen LogP contribution in [0.25, 0.3) is 0 Å². The number of urea groups is 2. The SMILES string of the molecule is C.CCC.CCN(C(=O)O)C(=O)O.CCN(C(N)=O)C(N)=O.CCOC(=O)CC(=O)OCC.CCOC(=O)N(CC)C(=O)OCC.CCn1c(=O)nc(C(=O)O)[nH]c1=O.CCn1c(=O)nc(C(=O)OC)[nH]c1=O.CCn1c(=O)nc(C(=O)OC)n(PC)c1=O.CPO.N. The highest BCUT2D eigenvalue weighted by Crippen LogP contribution is 2.07. The van der Waals surface area contributed by atoms with E-state index in [1.165, 1.54) is 20.5 Å². The smallest absolute Gasteiger partial charge is 0.419 e. The molecular formula is C49H91N15O27P2. The number of ether oxygens (including phenoxy) is 6. The Morgan fingerprint density at radius 3 is 1.08 bits per heavy atom. The molecule has 3 aromatic heterocycles. The van der Waals surface area contributed by atoms with Crippen molar-refractivity contribution in [2.45, 2.75) is 123 Å². The van der Waals surface area contributed by atoms with Crippen molar-refractivity contribution in [1.29, 1.82) is 0 Å². The predicted octanol–water partition coefficient (Wildman–Crippen LogP) is 1.34. The number of carboxylic acids is 1. The van der Waals surface area contributed by atoms with Crippen LogP contribution in [-0.2, 0) is 57.6 Å². The number of nitrogens with two attached hydrogens (primary N) is 2. The molecule has 0 aromatic carbocycles. The Morgan fingerprint density at radius 2 is 0.839 bits per heavy atom. The summed E-state index contributed by atoms with van der Waals surface area (Å²) in [6.07, 6.45) is -3.25. The van der Waals surface area contributed by atoms with Crippen LogP contribution in [-0.4, -0.2) is 218 Å². The zero-order chi connectivity index (χ0) is 72.3. The van der Waals surface area contributed by atoms with E-state index in [1.807, 2.05) is 4.98 Å². The second-order valence-electron chi connectivity index (χ2n) is 15.0. The van der Waals surface area contributed by atoms with E-state index in [1.54, 1.807) is 75.6 Å². The number of aromatic amines is 2. The molecule has 3 rings (SSSR count). The minimum atomic E-state index is -1.44. The van der Waals surface area contributed by atoms with E-state index in [-0.39, 0.29) is 115 Å². The first kappa shape index (κ1) is 99.4. The molecule has 3 aromatic rings. The highest BCUT2D eigenvalue weighted by molar-refractivity contribution is 7.35. The van der Waals surface area contributed by atoms with Crippen LogP contribution < -0.4 is 51.8 Å². The topological polar surface area (TPSA) is 613 Å². The van der Waals surface area contributed by atoms with Gasteiger partial charge in [-0.05, 0) is 91.3 Å². The number of H-pyrrole nitrogens is 2. The number of rotatable bonds is 16. The van der Waals surface area contributed by atoms with Gasteiger partial charge in [0.25, 0.3) is 0 Å². The summed E-state index contributed by atoms with van der Waals surface area (Å²) in [5.41, 5.74) is 5.13. The van der Waals surface area contributed by atoms with Crippen molar-refractivity contribution in [2.75, 3.05) is 73.6 Å². The van der Waals surface area contributed by atoms with Gasteiger partial charge in [-0.2, -0.15) is 15.0 Å². The number of esters is 4. The van der Waals surface area contributed by atoms with Gasteiger partial charge < -0.3 is 66.3 Å². The van der Waals surface area contributed by atoms with Crippen LogP contribution in [0.15, 0.2) is 28.8 Å². The van der Waals surface area contributed by atoms with Crippen molar-refractivity contribution in [1.82, 2.24) is 63.8 Å². The summed E-state index contributed by atoms with van der Waals surface area (Å²) in [7, 11) is 2.39. The fourth-order valence-corrected chi connectivity index (χ4v) is 5.64. The Balaban J connectivity index is -0.000000149. The number of carbonyl (C=O) groups excluding carboxylic acids is 8. The summed E-state index contributed by atoms with van der Waals surface area (Å²) in [5.74, 6) is -5.40. The van der Waals surface area contributed by atoms with Crippen molar-refractivity contribution in [3.63, 3.8) is 0 Å². The van der Waals surface area contributed by atoms with Gasteiger partial charge in [0.1, 0.15) is 6.42 Å². The molecule has 0 aliphatic carbocycles. The fraction of sp³-hybridized carbons (Fsp3) is 0.592. The van der Waals surface area contributed by atoms with Crippen LogP contribution in [0.2, 0.25) is 0 Å². The summed E-state index contributed by atoms with van der Waals surface area (Å²) in [6.45, 7) is 26.0. The van der Waals surface area contributed by atoms with Gasteiger partial charge in [-0.1, -0.05) is 27.7 Å². The Kier molecular flexibility index (Phi) is 62.6. The molecule has 0 aliphatic heterocycles. The molecular weight excluding hydrogens is 1290 g/mol. The number of methoxy groups -OCH3 is 2. The van der Waals surface area contributed by atoms with Crippen molar-refractivity contribution in [3.05, 3.63) is 80.4 Å². The Hall–Kier alpha value is -9.82. The van der Waals surface area contributed by atoms with E-state index in [0.29, 0.717) is 4.90 Å². The number of hydrogen-bond acceptors (Lipinski definition) is 28. The number of aromatic nitrogens is 9. The summed E-state index contributed by atoms with van der Waals surface area (Å²) in [4.78, 5) is 207. The predicted molar refractivity (Wildman–Crippen MR) is 336 cm³/mol. The molecule has 0 aliphatic rings. The molecule has 44 heteroatoms. The van der Waals surface area contributed by atoms with Gasteiger partial charge in [0.2, 0.25) is 17.5 Å². The van der Waals surface area contributed by atoms with Gasteiger partial charge in [0.15, 0.2) is 0 Å². The van der Waals surface area contributed by atoms with Crippen molar-refractivity contribution in [2.24, 2.45) is 11.5 Å². The largest absolute Gasteiger partial charge is 0.475 e. The zero-order valence-corrected chi connectivity index (χ0v) is 56.0. The molecule has 0 fully saturated rings. The van der Waals surface area contributed by atoms with E-state index < -0.39 is 106 Å². The molecule has 534 valence electrons. The minimum absolute atomic E-state index is 0. The number of aromatic carboxylic acids is 1. The zero-order valence-electron chi connectivity index (χ0n) is 54.0. The minimum Gasteiger partial charge on any atom is -0.475 e. The molecule has 0 saturated heterocycles. The third kappa shape index (κ3) is 42.0. The molecule has 0 saturated carbocycles. The van der Waals surface area contributed by atoms with Gasteiger partial charge in [0.05, 0.1) is 40.6 Å². The van der Waals surface area contributed by atoms with Crippen molar-refractivity contribution >= 4 is 83.8 Å². The molecule has 8 amide bonds. The van der Waals surface area contributed by atoms with Crippen LogP contribution >= 0.6 is 17.5 Å². The van der Waals surface area contributed by atoms with Gasteiger partial charge in [-0.25, -0.2) is 100 Å². The number of carbonyl (C=O) groups is 11. The summed E-state index contributed by atoms with van der Waals surface area (Å²) < 4.78 is 30.9. The van der Waals surface area contributed by atoms with Crippen molar-refractivity contribution in [3.8, 4) is 0 Å². The van der Waals surface area contributed by atoms with Crippen LogP contribution in [0, 0.1) is 0 Å². The molecule has 0 bridgehead atoms. The average Bonchev–Trinajstić information content (AvgIpc) is 0.827. The molecule has 0 spiro atoms. The summed E-state index contributed by atoms with van der Waals surface area (Å²) >= 11 is 0. The van der Waals surface area contributed by atoms with Crippen molar-refractivity contribution < 1.29 is 101 Å². The number of imide groups is 3. The van der Waals surface area contributed by atoms with E-state index in [4.69, 9.17) is 31.7 Å². The second kappa shape index (κ2) is 58.5. The maximum Gasteiger partial charge on any atom is 0.419 e. The Labute approximate surface area is 536 Å². The number of primary amides is 2. The molecule has 0 radical (unpaired) electrons. The molecule has 2 atom stereocenters. The second-order valence-corrected chi connectivity index (χ2v) is 16.4. The van der Waals surface area contributed by atoms with Crippen LogP contribution in [0.5, 0.6) is 0 Å². The maximum absolute atomic E-state index is 11.8. The number of amides is 8. The van der Waals surface area contributed by atoms with Crippen LogP contribution in [0.1, 0.15) is 135 Å². The quantitative estimate of drug-likeness (QED) is 0.0423. The van der Waals surface area contributed by atoms with Crippen LogP contribution in [0.4, 0.5) is 28.8 Å². The monoisotopic (exact) mass is 1380 g/mol. The highest BCUT2D eigenvalue weighted by Gasteiger charge is 2.22. The van der Waals surface area contributed by atoms with Gasteiger partial charge in [-0.15, -0.1) is 0 Å². The lowest BCUT2D eigenvalue weighted by atomic mass is 10.4. The third-order valence-electron chi connectivity index (χ3n) is 8.82. The summed E-state index contributed by atoms with van der Waals surface area (Å²) in [5, 5.41) is 24.6. The number of hydrogen-bond donors (Lipinski definition) is 9. The van der Waals surface area contributed by atoms with E-state index in [9.17, 15) is 81.5 Å². The first-order valence-electron chi connectivity index (χ1n) is 26.7. The highest BCUT2D eigenvalue weighted by atomic mass is 31.1. The normalized spacial score (nSPS) is 9.26. The van der Waals surface area contributed by atoms with Gasteiger partial charge in [-0.3, -0.25) is 23.9 Å². The Bertz CT molecular complexity index is 2990. The van der Waals surface area contributed by atoms with E-state index >= 15 is 0 Å². The fourth-order valence-electron chi connectivity index (χ4n) is 4.98. The van der Waals surface area contributed by atoms with Gasteiger partial charge in [0, 0.05) is 48.1 Å². The molecule has 3 heterocycles. The number of nitrogens with one attached hydrogen (secondary N) is 2. The lowest BCUT2D eigenvalue weighted by Gasteiger charge is -2.16. The molecule has 13 N–H and O–H groups in total. The molecule has 2 unspecified atom stereocenters. The lowest BCUT2D eigenvalue weighted by Crippen LogP contribution is -2.43. The van der Waals surface area contributed by atoms with Crippen LogP contribution in [0.3, 0.4) is 0 Å². The Morgan fingerprint density at radius 1 is 0.516 bits per heavy atom. The molecule has 93 heavy (non-hydrogen) atoms. The standard InChI is InChI=1S/C8H12N3O4P.C8H15NO4.C7H9N3O4.C7H12O4.C6H7N3O4.C4H9N3O2.C4H7NO4.C3H8.CH5OP.CH4.H3N/c1-4-10-7(13)9-5(6(12)15-2)11(16-3)8(10)14;1-4-9(7(10)12-5-2)8(11)13-6-3;1-3-10-6(12)8-4(5(11)14-2)9-7(10)13;1-3-10-6(8)5-7(9)11-4-2;1-2-9-5(12)7-3(4(10)11)8-6(9)13;1-2-7(3(5)8)4(6)9;1-2-5(3(6)7)4(8)9;2*1-3-2;;/h16H,4H2,1-3H3;4-6H2,1-3H3;3H2,1-2H3,(H,8,9,12,13);3-5H2,1-2H3;2H2,1H3,(H,10,11)(H,7,8,12,13);2H2,1H3,(H2,5,8)(H2,6,9);2H2,1H3,(H,6,7)(H,8,9);3H2,1-2H3;2-3H,1H3;1H4;1H3. The summed E-state index contributed by atoms with van der Waals surface area (Å²) in [6, 6.07) is -1.63. The first-order valence-corrected chi connectivity index (χ1v) is 29.6. The van der Waals surface area contributed by atoms with E-state index in [0.717, 1.165) is 34.9 Å². The maximum atomic E-state index is 11.8. The third-order valence-corrected chi connectivity index (χ3v) is 9.67. The average molecular weight is 1380 g/mol. The lowest BCUT2D eigenvalue weighted by molar-refractivity contribution is -0.154. The first-order chi connectivity index (χ1) is 42.6.